The van der Waals surface area contributed by atoms with E-state index < -0.39 is 0 Å². The molecule has 2 N–H and O–H groups in total. The normalized spacial score (nSPS) is 17.9. The van der Waals surface area contributed by atoms with Gasteiger partial charge in [-0.3, -0.25) is 4.68 Å². The van der Waals surface area contributed by atoms with E-state index in [2.05, 4.69) is 54.0 Å². The number of anilines is 1. The van der Waals surface area contributed by atoms with Crippen molar-refractivity contribution in [1.82, 2.24) is 39.4 Å². The van der Waals surface area contributed by atoms with E-state index in [1.54, 1.807) is 0 Å². The van der Waals surface area contributed by atoms with Gasteiger partial charge in [-0.2, -0.15) is 22.0 Å². The Bertz CT molecular complexity index is 1540. The number of fused-ring (bicyclic) bond motifs is 2. The summed E-state index contributed by atoms with van der Waals surface area (Å²) in [6.45, 7) is 0. The van der Waals surface area contributed by atoms with Crippen LogP contribution < -0.4 is 5.73 Å². The van der Waals surface area contributed by atoms with Gasteiger partial charge in [-0.25, -0.2) is 14.2 Å². The van der Waals surface area contributed by atoms with E-state index in [9.17, 15) is 0 Å². The molecule has 0 amide bonds. The SMILES string of the molecule is Nc1ncnn2c(-c3ccc4cnn(C5CCSCC5)c4c3)cc(-c3cnnn3C3CCCCC3)c12. The Morgan fingerprint density at radius 1 is 0.861 bits per heavy atom. The topological polar surface area (TPSA) is 105 Å². The summed E-state index contributed by atoms with van der Waals surface area (Å²) in [5.41, 5.74) is 12.4. The summed E-state index contributed by atoms with van der Waals surface area (Å²) in [7, 11) is 0. The Balaban J connectivity index is 1.38. The molecule has 0 atom stereocenters. The highest BCUT2D eigenvalue weighted by atomic mass is 32.2. The van der Waals surface area contributed by atoms with Crippen molar-refractivity contribution in [2.45, 2.75) is 57.0 Å². The van der Waals surface area contributed by atoms with Gasteiger partial charge in [0.2, 0.25) is 0 Å². The summed E-state index contributed by atoms with van der Waals surface area (Å²) in [6.07, 6.45) is 13.7. The molecule has 7 rings (SSSR count). The fraction of sp³-hybridized carbons (Fsp3) is 0.423. The minimum atomic E-state index is 0.361. The molecule has 0 bridgehead atoms. The fourth-order valence-corrected chi connectivity index (χ4v) is 7.00. The number of hydrogen-bond donors (Lipinski definition) is 1. The largest absolute Gasteiger partial charge is 0.382 e. The summed E-state index contributed by atoms with van der Waals surface area (Å²) in [5, 5.41) is 19.3. The lowest BCUT2D eigenvalue weighted by Gasteiger charge is -2.23. The molecule has 184 valence electrons. The van der Waals surface area contributed by atoms with Crippen LogP contribution in [-0.2, 0) is 0 Å². The quantitative estimate of drug-likeness (QED) is 0.364. The molecule has 1 aliphatic carbocycles. The second-order valence-electron chi connectivity index (χ2n) is 9.91. The highest BCUT2D eigenvalue weighted by Crippen LogP contribution is 2.38. The average molecular weight is 500 g/mol. The summed E-state index contributed by atoms with van der Waals surface area (Å²) in [5.74, 6) is 2.84. The van der Waals surface area contributed by atoms with Crippen LogP contribution in [0.5, 0.6) is 0 Å². The summed E-state index contributed by atoms with van der Waals surface area (Å²) < 4.78 is 6.22. The Hall–Kier alpha value is -3.40. The third-order valence-electron chi connectivity index (χ3n) is 7.79. The van der Waals surface area contributed by atoms with E-state index >= 15 is 0 Å². The van der Waals surface area contributed by atoms with Crippen LogP contribution in [0, 0.1) is 0 Å². The number of nitrogens with two attached hydrogens (primary N) is 1. The van der Waals surface area contributed by atoms with E-state index in [1.165, 1.54) is 37.1 Å². The number of benzene rings is 1. The first-order valence-corrected chi connectivity index (χ1v) is 14.0. The molecular formula is C26H29N9S. The molecule has 5 aromatic rings. The lowest BCUT2D eigenvalue weighted by Crippen LogP contribution is -2.16. The second kappa shape index (κ2) is 8.92. The highest BCUT2D eigenvalue weighted by molar-refractivity contribution is 7.99. The Labute approximate surface area is 213 Å². The van der Waals surface area contributed by atoms with Gasteiger partial charge in [0, 0.05) is 16.5 Å². The lowest BCUT2D eigenvalue weighted by atomic mass is 9.95. The first kappa shape index (κ1) is 21.8. The van der Waals surface area contributed by atoms with E-state index in [0.717, 1.165) is 64.6 Å². The molecule has 5 heterocycles. The number of nitrogen functional groups attached to an aromatic ring is 1. The van der Waals surface area contributed by atoms with Crippen molar-refractivity contribution in [1.29, 1.82) is 0 Å². The third kappa shape index (κ3) is 3.57. The van der Waals surface area contributed by atoms with E-state index in [0.29, 0.717) is 17.9 Å². The van der Waals surface area contributed by atoms with Crippen molar-refractivity contribution in [3.8, 4) is 22.5 Å². The van der Waals surface area contributed by atoms with E-state index in [-0.39, 0.29) is 0 Å². The zero-order chi connectivity index (χ0) is 24.1. The van der Waals surface area contributed by atoms with Gasteiger partial charge in [0.05, 0.1) is 41.4 Å². The highest BCUT2D eigenvalue weighted by Gasteiger charge is 2.25. The molecule has 0 spiro atoms. The fourth-order valence-electron chi connectivity index (χ4n) is 5.92. The molecule has 10 heteroatoms. The first-order chi connectivity index (χ1) is 17.8. The van der Waals surface area contributed by atoms with Crippen molar-refractivity contribution in [3.05, 3.63) is 43.0 Å². The zero-order valence-corrected chi connectivity index (χ0v) is 20.9. The summed E-state index contributed by atoms with van der Waals surface area (Å²) in [4.78, 5) is 4.32. The standard InChI is InChI=1S/C26H29N9S/c27-26-25-21(24-15-29-32-34(24)19-4-2-1-3-5-19)13-23(35(25)31-16-28-26)17-6-7-18-14-30-33(22(18)12-17)20-8-10-36-11-9-20/h6-7,12-16,19-20H,1-5,8-11H2,(H2,27,28,31). The van der Waals surface area contributed by atoms with Gasteiger partial charge in [-0.15, -0.1) is 5.10 Å². The predicted molar refractivity (Wildman–Crippen MR) is 143 cm³/mol. The molecule has 0 unspecified atom stereocenters. The number of aromatic nitrogens is 8. The van der Waals surface area contributed by atoms with Crippen molar-refractivity contribution in [3.63, 3.8) is 0 Å². The maximum atomic E-state index is 6.44. The van der Waals surface area contributed by atoms with Crippen LogP contribution in [0.3, 0.4) is 0 Å². The molecule has 9 nitrogen and oxygen atoms in total. The molecule has 2 aliphatic rings. The van der Waals surface area contributed by atoms with Gasteiger partial charge in [0.25, 0.3) is 0 Å². The molecule has 1 aliphatic heterocycles. The van der Waals surface area contributed by atoms with Crippen molar-refractivity contribution in [2.24, 2.45) is 0 Å². The monoisotopic (exact) mass is 499 g/mol. The van der Waals surface area contributed by atoms with Gasteiger partial charge in [-0.05, 0) is 49.3 Å². The van der Waals surface area contributed by atoms with Crippen LogP contribution in [0.4, 0.5) is 5.82 Å². The van der Waals surface area contributed by atoms with E-state index in [1.807, 2.05) is 28.7 Å². The van der Waals surface area contributed by atoms with Crippen molar-refractivity contribution < 1.29 is 0 Å². The number of rotatable bonds is 4. The van der Waals surface area contributed by atoms with Crippen LogP contribution in [0.15, 0.2) is 43.0 Å². The van der Waals surface area contributed by atoms with Gasteiger partial charge < -0.3 is 5.73 Å². The van der Waals surface area contributed by atoms with Gasteiger partial charge in [0.1, 0.15) is 11.8 Å². The molecule has 1 saturated carbocycles. The molecule has 1 aromatic carbocycles. The molecule has 2 fully saturated rings. The zero-order valence-electron chi connectivity index (χ0n) is 20.1. The van der Waals surface area contributed by atoms with Gasteiger partial charge in [0.15, 0.2) is 5.82 Å². The third-order valence-corrected chi connectivity index (χ3v) is 8.83. The van der Waals surface area contributed by atoms with Crippen LogP contribution in [0.1, 0.15) is 57.0 Å². The Kier molecular flexibility index (Phi) is 5.41. The van der Waals surface area contributed by atoms with Gasteiger partial charge >= 0.3 is 0 Å². The molecule has 36 heavy (non-hydrogen) atoms. The number of nitrogens with zero attached hydrogens (tertiary/aromatic N) is 8. The summed E-state index contributed by atoms with van der Waals surface area (Å²) in [6, 6.07) is 9.52. The summed E-state index contributed by atoms with van der Waals surface area (Å²) >= 11 is 2.03. The van der Waals surface area contributed by atoms with Crippen LogP contribution in [0.25, 0.3) is 38.9 Å². The minimum Gasteiger partial charge on any atom is -0.382 e. The lowest BCUT2D eigenvalue weighted by molar-refractivity contribution is 0.327. The van der Waals surface area contributed by atoms with Crippen LogP contribution in [0.2, 0.25) is 0 Å². The minimum absolute atomic E-state index is 0.361. The maximum Gasteiger partial charge on any atom is 0.152 e. The van der Waals surface area contributed by atoms with E-state index in [4.69, 9.17) is 10.8 Å². The smallest absolute Gasteiger partial charge is 0.152 e. The van der Waals surface area contributed by atoms with Crippen molar-refractivity contribution in [2.75, 3.05) is 17.2 Å². The maximum absolute atomic E-state index is 6.44. The molecule has 1 saturated heterocycles. The average Bonchev–Trinajstić information content (AvgIpc) is 3.66. The van der Waals surface area contributed by atoms with Crippen molar-refractivity contribution >= 4 is 34.0 Å². The molecular weight excluding hydrogens is 470 g/mol. The predicted octanol–water partition coefficient (Wildman–Crippen LogP) is 5.16. The van der Waals surface area contributed by atoms with Crippen LogP contribution in [-0.4, -0.2) is 50.9 Å². The first-order valence-electron chi connectivity index (χ1n) is 12.9. The molecule has 0 radical (unpaired) electrons. The Morgan fingerprint density at radius 3 is 2.56 bits per heavy atom. The number of thioether (sulfide) groups is 1. The Morgan fingerprint density at radius 2 is 1.69 bits per heavy atom. The second-order valence-corrected chi connectivity index (χ2v) is 11.1. The van der Waals surface area contributed by atoms with Crippen LogP contribution >= 0.6 is 11.8 Å². The van der Waals surface area contributed by atoms with Gasteiger partial charge in [-0.1, -0.05) is 36.6 Å². The number of hydrogen-bond acceptors (Lipinski definition) is 7. The molecule has 4 aromatic heterocycles.